The van der Waals surface area contributed by atoms with Crippen molar-refractivity contribution in [2.75, 3.05) is 11.9 Å². The summed E-state index contributed by atoms with van der Waals surface area (Å²) >= 11 is 0. The molecule has 3 rings (SSSR count). The number of carbonyl (C=O) groups excluding carboxylic acids is 1. The largest absolute Gasteiger partial charge is 0.505 e. The van der Waals surface area contributed by atoms with E-state index < -0.39 is 17.3 Å². The van der Waals surface area contributed by atoms with Gasteiger partial charge < -0.3 is 26.3 Å². The fraction of sp³-hybridized carbons (Fsp3) is 0.273. The van der Waals surface area contributed by atoms with Gasteiger partial charge in [-0.1, -0.05) is 31.0 Å². The molecule has 1 aliphatic rings. The Kier molecular flexibility index (Phi) is 6.46. The summed E-state index contributed by atoms with van der Waals surface area (Å²) in [5, 5.41) is 33.1. The molecule has 0 radical (unpaired) electrons. The molecule has 1 saturated carbocycles. The van der Waals surface area contributed by atoms with Crippen LogP contribution in [0.15, 0.2) is 48.8 Å². The normalized spacial score (nSPS) is 15.4. The zero-order valence-electron chi connectivity index (χ0n) is 16.4. The highest BCUT2D eigenvalue weighted by molar-refractivity contribution is 6.09. The van der Waals surface area contributed by atoms with Gasteiger partial charge in [0.15, 0.2) is 5.69 Å². The van der Waals surface area contributed by atoms with Gasteiger partial charge in [0.25, 0.3) is 5.91 Å². The number of carbonyl (C=O) groups is 2. The number of nitrogens with one attached hydrogen (secondary N) is 3. The van der Waals surface area contributed by atoms with Crippen LogP contribution < -0.4 is 10.6 Å². The topological polar surface area (TPSA) is 135 Å². The highest BCUT2D eigenvalue weighted by atomic mass is 16.4. The minimum absolute atomic E-state index is 0.00329. The molecular weight excluding hydrogens is 384 g/mol. The first-order valence-corrected chi connectivity index (χ1v) is 9.68. The summed E-state index contributed by atoms with van der Waals surface area (Å²) in [4.78, 5) is 28.1. The second kappa shape index (κ2) is 9.21. The lowest BCUT2D eigenvalue weighted by Gasteiger charge is -2.23. The second-order valence-electron chi connectivity index (χ2n) is 7.32. The molecule has 8 nitrogen and oxygen atoms in total. The molecule has 5 N–H and O–H groups in total. The highest BCUT2D eigenvalue weighted by Gasteiger charge is 2.41. The number of carboxylic acid groups (broad SMARTS) is 1. The van der Waals surface area contributed by atoms with Gasteiger partial charge in [-0.15, -0.1) is 0 Å². The van der Waals surface area contributed by atoms with Crippen LogP contribution in [-0.2, 0) is 4.79 Å². The Hall–Kier alpha value is -3.68. The Morgan fingerprint density at radius 1 is 1.20 bits per heavy atom. The number of anilines is 1. The van der Waals surface area contributed by atoms with Crippen molar-refractivity contribution in [3.63, 3.8) is 0 Å². The van der Waals surface area contributed by atoms with Crippen LogP contribution in [-0.4, -0.2) is 39.8 Å². The molecule has 0 saturated heterocycles. The lowest BCUT2D eigenvalue weighted by atomic mass is 9.86. The van der Waals surface area contributed by atoms with Gasteiger partial charge in [-0.05, 0) is 31.0 Å². The maximum absolute atomic E-state index is 12.5. The number of aromatic hydroxyl groups is 1. The van der Waals surface area contributed by atoms with Crippen molar-refractivity contribution in [1.29, 1.82) is 5.41 Å². The van der Waals surface area contributed by atoms with Gasteiger partial charge in [-0.2, -0.15) is 0 Å². The SMILES string of the molecule is N=C/C(=C\Nc1ccccc1)c1cnc(C(=O)NCC2(C(=O)O)CCCC2)c(O)c1. The van der Waals surface area contributed by atoms with Crippen LogP contribution in [0.1, 0.15) is 41.7 Å². The van der Waals surface area contributed by atoms with Gasteiger partial charge in [0, 0.05) is 42.0 Å². The van der Waals surface area contributed by atoms with Crippen molar-refractivity contribution in [2.45, 2.75) is 25.7 Å². The number of amides is 1. The smallest absolute Gasteiger partial charge is 0.311 e. The van der Waals surface area contributed by atoms with E-state index in [1.165, 1.54) is 12.3 Å². The number of benzene rings is 1. The maximum atomic E-state index is 12.5. The maximum Gasteiger partial charge on any atom is 0.311 e. The predicted molar refractivity (Wildman–Crippen MR) is 114 cm³/mol. The van der Waals surface area contributed by atoms with Crippen molar-refractivity contribution in [3.8, 4) is 5.75 Å². The fourth-order valence-corrected chi connectivity index (χ4v) is 3.54. The van der Waals surface area contributed by atoms with Gasteiger partial charge in [-0.3, -0.25) is 9.59 Å². The summed E-state index contributed by atoms with van der Waals surface area (Å²) in [6.45, 7) is -0.00329. The molecule has 0 bridgehead atoms. The van der Waals surface area contributed by atoms with Crippen molar-refractivity contribution >= 4 is 29.4 Å². The number of pyridine rings is 1. The minimum atomic E-state index is -0.954. The van der Waals surface area contributed by atoms with Crippen LogP contribution in [0.5, 0.6) is 5.75 Å². The zero-order valence-corrected chi connectivity index (χ0v) is 16.4. The standard InChI is InChI=1S/C22H24N4O4/c23-11-16(13-24-17-6-2-1-3-7-17)15-10-18(27)19(25-12-15)20(28)26-14-22(21(29)30)8-4-5-9-22/h1-3,6-7,10-13,23-24,27H,4-5,8-9,14H2,(H,26,28)(H,29,30)/b16-13+,23-11?. The van der Waals surface area contributed by atoms with E-state index in [2.05, 4.69) is 15.6 Å². The van der Waals surface area contributed by atoms with E-state index in [9.17, 15) is 19.8 Å². The summed E-state index contributed by atoms with van der Waals surface area (Å²) in [5.41, 5.74) is 0.622. The van der Waals surface area contributed by atoms with Crippen molar-refractivity contribution in [1.82, 2.24) is 10.3 Å². The van der Waals surface area contributed by atoms with Crippen LogP contribution in [0, 0.1) is 10.8 Å². The number of allylic oxidation sites excluding steroid dienone is 1. The van der Waals surface area contributed by atoms with E-state index >= 15 is 0 Å². The van der Waals surface area contributed by atoms with Gasteiger partial charge in [0.2, 0.25) is 0 Å². The Bertz CT molecular complexity index is 966. The van der Waals surface area contributed by atoms with E-state index in [1.807, 2.05) is 30.3 Å². The first-order chi connectivity index (χ1) is 14.4. The molecule has 0 aliphatic heterocycles. The molecule has 0 unspecified atom stereocenters. The molecule has 156 valence electrons. The number of aromatic nitrogens is 1. The molecule has 8 heteroatoms. The first kappa shape index (κ1) is 21.0. The van der Waals surface area contributed by atoms with Crippen LogP contribution >= 0.6 is 0 Å². The molecule has 2 aromatic rings. The molecular formula is C22H24N4O4. The monoisotopic (exact) mass is 408 g/mol. The average molecular weight is 408 g/mol. The highest BCUT2D eigenvalue weighted by Crippen LogP contribution is 2.37. The number of aliphatic carboxylic acids is 1. The Labute approximate surface area is 174 Å². The number of rotatable bonds is 8. The number of hydrogen-bond acceptors (Lipinski definition) is 6. The van der Waals surface area contributed by atoms with E-state index in [-0.39, 0.29) is 18.0 Å². The molecule has 1 amide bonds. The summed E-state index contributed by atoms with van der Waals surface area (Å²) < 4.78 is 0. The average Bonchev–Trinajstić information content (AvgIpc) is 3.24. The summed E-state index contributed by atoms with van der Waals surface area (Å²) in [6, 6.07) is 10.7. The molecule has 1 aliphatic carbocycles. The predicted octanol–water partition coefficient (Wildman–Crippen LogP) is 3.26. The summed E-state index contributed by atoms with van der Waals surface area (Å²) in [7, 11) is 0. The molecule has 1 aromatic heterocycles. The second-order valence-corrected chi connectivity index (χ2v) is 7.32. The van der Waals surface area contributed by atoms with E-state index in [4.69, 9.17) is 5.41 Å². The first-order valence-electron chi connectivity index (χ1n) is 9.68. The quantitative estimate of drug-likeness (QED) is 0.426. The lowest BCUT2D eigenvalue weighted by Crippen LogP contribution is -2.41. The Morgan fingerprint density at radius 3 is 2.50 bits per heavy atom. The van der Waals surface area contributed by atoms with Gasteiger partial charge in [0.05, 0.1) is 5.41 Å². The summed E-state index contributed by atoms with van der Waals surface area (Å²) in [6.07, 6.45) is 6.77. The number of carboxylic acids is 1. The third-order valence-electron chi connectivity index (χ3n) is 5.34. The van der Waals surface area contributed by atoms with E-state index in [0.717, 1.165) is 24.7 Å². The summed E-state index contributed by atoms with van der Waals surface area (Å²) in [5.74, 6) is -1.89. The van der Waals surface area contributed by atoms with Crippen LogP contribution in [0.2, 0.25) is 0 Å². The zero-order chi connectivity index (χ0) is 21.6. The van der Waals surface area contributed by atoms with Crippen molar-refractivity contribution in [3.05, 3.63) is 60.1 Å². The Morgan fingerprint density at radius 2 is 1.90 bits per heavy atom. The Balaban J connectivity index is 1.71. The molecule has 1 fully saturated rings. The van der Waals surface area contributed by atoms with Crippen molar-refractivity contribution < 1.29 is 19.8 Å². The molecule has 1 aromatic carbocycles. The minimum Gasteiger partial charge on any atom is -0.505 e. The van der Waals surface area contributed by atoms with Gasteiger partial charge >= 0.3 is 5.97 Å². The number of para-hydroxylation sites is 1. The number of hydrogen-bond donors (Lipinski definition) is 5. The molecule has 0 atom stereocenters. The molecule has 30 heavy (non-hydrogen) atoms. The van der Waals surface area contributed by atoms with Crippen LogP contribution in [0.4, 0.5) is 5.69 Å². The lowest BCUT2D eigenvalue weighted by molar-refractivity contribution is -0.148. The third kappa shape index (κ3) is 4.65. The molecule has 1 heterocycles. The van der Waals surface area contributed by atoms with Gasteiger partial charge in [-0.25, -0.2) is 4.98 Å². The van der Waals surface area contributed by atoms with Crippen molar-refractivity contribution in [2.24, 2.45) is 5.41 Å². The number of nitrogens with zero attached hydrogens (tertiary/aromatic N) is 1. The molecule has 0 spiro atoms. The fourth-order valence-electron chi connectivity index (χ4n) is 3.54. The van der Waals surface area contributed by atoms with Crippen LogP contribution in [0.3, 0.4) is 0 Å². The van der Waals surface area contributed by atoms with Crippen LogP contribution in [0.25, 0.3) is 5.57 Å². The third-order valence-corrected chi connectivity index (χ3v) is 5.34. The van der Waals surface area contributed by atoms with E-state index in [1.54, 1.807) is 6.20 Å². The van der Waals surface area contributed by atoms with E-state index in [0.29, 0.717) is 24.0 Å². The van der Waals surface area contributed by atoms with Gasteiger partial charge in [0.1, 0.15) is 5.75 Å².